The summed E-state index contributed by atoms with van der Waals surface area (Å²) in [5.41, 5.74) is 3.93. The molecule has 0 saturated carbocycles. The fourth-order valence-electron chi connectivity index (χ4n) is 2.16. The van der Waals surface area contributed by atoms with Gasteiger partial charge in [0.2, 0.25) is 5.91 Å². The number of rotatable bonds is 6. The lowest BCUT2D eigenvalue weighted by Crippen LogP contribution is -2.35. The molecule has 5 heteroatoms. The third-order valence-corrected chi connectivity index (χ3v) is 3.68. The highest BCUT2D eigenvalue weighted by molar-refractivity contribution is 5.95. The molecule has 2 rings (SSSR count). The number of carbonyl (C=O) groups excluding carboxylic acids is 2. The van der Waals surface area contributed by atoms with Crippen LogP contribution in [0.5, 0.6) is 5.75 Å². The van der Waals surface area contributed by atoms with Crippen molar-refractivity contribution >= 4 is 17.5 Å². The Bertz CT molecular complexity index is 741. The van der Waals surface area contributed by atoms with Crippen LogP contribution in [0.15, 0.2) is 42.5 Å². The first-order chi connectivity index (χ1) is 11.5. The van der Waals surface area contributed by atoms with Crippen LogP contribution in [0.4, 0.5) is 5.69 Å². The largest absolute Gasteiger partial charge is 0.484 e. The zero-order valence-electron chi connectivity index (χ0n) is 14.2. The number of aryl methyl sites for hydroxylation is 2. The average molecular weight is 326 g/mol. The maximum atomic E-state index is 11.9. The van der Waals surface area contributed by atoms with E-state index in [1.165, 1.54) is 0 Å². The molecule has 0 aliphatic heterocycles. The van der Waals surface area contributed by atoms with Gasteiger partial charge in [0.1, 0.15) is 5.75 Å². The molecule has 0 saturated heterocycles. The van der Waals surface area contributed by atoms with Crippen molar-refractivity contribution in [3.8, 4) is 5.75 Å². The fraction of sp³-hybridized carbons (Fsp3) is 0.263. The molecule has 0 heterocycles. The van der Waals surface area contributed by atoms with E-state index in [2.05, 4.69) is 10.6 Å². The van der Waals surface area contributed by atoms with Crippen molar-refractivity contribution in [1.82, 2.24) is 5.32 Å². The molecule has 2 aromatic carbocycles. The molecular weight excluding hydrogens is 304 g/mol. The average Bonchev–Trinajstić information content (AvgIpc) is 2.55. The van der Waals surface area contributed by atoms with E-state index in [0.717, 1.165) is 22.4 Å². The van der Waals surface area contributed by atoms with Crippen LogP contribution in [-0.4, -0.2) is 25.0 Å². The van der Waals surface area contributed by atoms with Crippen molar-refractivity contribution in [2.75, 3.05) is 18.5 Å². The van der Waals surface area contributed by atoms with E-state index < -0.39 is 0 Å². The van der Waals surface area contributed by atoms with Crippen LogP contribution in [-0.2, 0) is 9.59 Å². The van der Waals surface area contributed by atoms with Crippen molar-refractivity contribution in [2.45, 2.75) is 20.8 Å². The number of benzene rings is 2. The summed E-state index contributed by atoms with van der Waals surface area (Å²) in [6.07, 6.45) is 0. The minimum absolute atomic E-state index is 0.0939. The number of nitrogens with one attached hydrogen (secondary N) is 2. The lowest BCUT2D eigenvalue weighted by Gasteiger charge is -2.11. The van der Waals surface area contributed by atoms with Crippen LogP contribution >= 0.6 is 0 Å². The van der Waals surface area contributed by atoms with Crippen LogP contribution in [0.2, 0.25) is 0 Å². The molecule has 0 spiro atoms. The predicted octanol–water partition coefficient (Wildman–Crippen LogP) is 2.75. The number of amides is 2. The van der Waals surface area contributed by atoms with Gasteiger partial charge in [-0.25, -0.2) is 0 Å². The highest BCUT2D eigenvalue weighted by Gasteiger charge is 2.08. The van der Waals surface area contributed by atoms with Crippen molar-refractivity contribution in [1.29, 1.82) is 0 Å². The van der Waals surface area contributed by atoms with Crippen LogP contribution in [0.25, 0.3) is 0 Å². The van der Waals surface area contributed by atoms with Gasteiger partial charge in [-0.1, -0.05) is 24.3 Å². The van der Waals surface area contributed by atoms with Gasteiger partial charge in [-0.2, -0.15) is 0 Å². The quantitative estimate of drug-likeness (QED) is 0.858. The Morgan fingerprint density at radius 2 is 1.75 bits per heavy atom. The molecule has 2 N–H and O–H groups in total. The van der Waals surface area contributed by atoms with E-state index in [0.29, 0.717) is 5.75 Å². The minimum atomic E-state index is -0.340. The third kappa shape index (κ3) is 5.12. The molecule has 0 aliphatic rings. The van der Waals surface area contributed by atoms with Gasteiger partial charge in [0.05, 0.1) is 6.54 Å². The maximum Gasteiger partial charge on any atom is 0.258 e. The van der Waals surface area contributed by atoms with E-state index in [9.17, 15) is 9.59 Å². The van der Waals surface area contributed by atoms with Crippen molar-refractivity contribution < 1.29 is 14.3 Å². The Morgan fingerprint density at radius 3 is 2.50 bits per heavy atom. The van der Waals surface area contributed by atoms with Gasteiger partial charge in [-0.3, -0.25) is 9.59 Å². The molecule has 24 heavy (non-hydrogen) atoms. The highest BCUT2D eigenvalue weighted by atomic mass is 16.5. The summed E-state index contributed by atoms with van der Waals surface area (Å²) in [7, 11) is 0. The maximum absolute atomic E-state index is 11.9. The highest BCUT2D eigenvalue weighted by Crippen LogP contribution is 2.17. The number of hydrogen-bond acceptors (Lipinski definition) is 3. The lowest BCUT2D eigenvalue weighted by molar-refractivity contribution is -0.125. The van der Waals surface area contributed by atoms with Crippen LogP contribution in [0, 0.1) is 20.8 Å². The van der Waals surface area contributed by atoms with Crippen molar-refractivity contribution in [2.24, 2.45) is 0 Å². The Labute approximate surface area is 142 Å². The SMILES string of the molecule is Cc1cccc(OCC(=O)NCC(=O)Nc2cccc(C)c2C)c1. The first kappa shape index (κ1) is 17.5. The van der Waals surface area contributed by atoms with Gasteiger partial charge in [-0.05, 0) is 55.7 Å². The monoisotopic (exact) mass is 326 g/mol. The summed E-state index contributed by atoms with van der Waals surface area (Å²) in [6.45, 7) is 5.66. The Morgan fingerprint density at radius 1 is 1.00 bits per heavy atom. The second kappa shape index (κ2) is 8.15. The Hall–Kier alpha value is -2.82. The molecule has 2 amide bonds. The van der Waals surface area contributed by atoms with Gasteiger partial charge in [-0.15, -0.1) is 0 Å². The standard InChI is InChI=1S/C19H22N2O3/c1-13-6-4-8-16(10-13)24-12-19(23)20-11-18(22)21-17-9-5-7-14(2)15(17)3/h4-10H,11-12H2,1-3H3,(H,20,23)(H,21,22). The fourth-order valence-corrected chi connectivity index (χ4v) is 2.16. The molecule has 5 nitrogen and oxygen atoms in total. The van der Waals surface area contributed by atoms with Gasteiger partial charge >= 0.3 is 0 Å². The summed E-state index contributed by atoms with van der Waals surface area (Å²) in [5.74, 6) is 0.0187. The predicted molar refractivity (Wildman–Crippen MR) is 94.2 cm³/mol. The molecule has 0 atom stereocenters. The van der Waals surface area contributed by atoms with E-state index >= 15 is 0 Å². The number of ether oxygens (including phenoxy) is 1. The topological polar surface area (TPSA) is 67.4 Å². The van der Waals surface area contributed by atoms with Gasteiger partial charge in [0, 0.05) is 5.69 Å². The number of carbonyl (C=O) groups is 2. The molecule has 0 fully saturated rings. The van der Waals surface area contributed by atoms with Crippen LogP contribution in [0.3, 0.4) is 0 Å². The van der Waals surface area contributed by atoms with E-state index in [4.69, 9.17) is 4.74 Å². The number of anilines is 1. The van der Waals surface area contributed by atoms with Gasteiger partial charge in [0.25, 0.3) is 5.91 Å². The number of hydrogen-bond donors (Lipinski definition) is 2. The van der Waals surface area contributed by atoms with E-state index in [1.54, 1.807) is 6.07 Å². The summed E-state index contributed by atoms with van der Waals surface area (Å²) < 4.78 is 5.39. The van der Waals surface area contributed by atoms with Crippen molar-refractivity contribution in [3.05, 3.63) is 59.2 Å². The van der Waals surface area contributed by atoms with Gasteiger partial charge < -0.3 is 15.4 Å². The molecule has 2 aromatic rings. The second-order valence-corrected chi connectivity index (χ2v) is 5.68. The van der Waals surface area contributed by atoms with Crippen LogP contribution < -0.4 is 15.4 Å². The van der Waals surface area contributed by atoms with Crippen molar-refractivity contribution in [3.63, 3.8) is 0 Å². The first-order valence-electron chi connectivity index (χ1n) is 7.78. The summed E-state index contributed by atoms with van der Waals surface area (Å²) >= 11 is 0. The Kier molecular flexibility index (Phi) is 5.95. The third-order valence-electron chi connectivity index (χ3n) is 3.68. The molecule has 0 bridgehead atoms. The molecule has 0 aromatic heterocycles. The van der Waals surface area contributed by atoms with Crippen LogP contribution in [0.1, 0.15) is 16.7 Å². The zero-order valence-corrected chi connectivity index (χ0v) is 14.2. The lowest BCUT2D eigenvalue weighted by atomic mass is 10.1. The zero-order chi connectivity index (χ0) is 17.5. The van der Waals surface area contributed by atoms with E-state index in [1.807, 2.05) is 57.2 Å². The molecule has 0 unspecified atom stereocenters. The molecule has 0 aliphatic carbocycles. The van der Waals surface area contributed by atoms with E-state index in [-0.39, 0.29) is 25.0 Å². The normalized spacial score (nSPS) is 10.1. The smallest absolute Gasteiger partial charge is 0.258 e. The minimum Gasteiger partial charge on any atom is -0.484 e. The molecule has 0 radical (unpaired) electrons. The summed E-state index contributed by atoms with van der Waals surface area (Å²) in [5, 5.41) is 5.34. The summed E-state index contributed by atoms with van der Waals surface area (Å²) in [4.78, 5) is 23.7. The van der Waals surface area contributed by atoms with Gasteiger partial charge in [0.15, 0.2) is 6.61 Å². The summed E-state index contributed by atoms with van der Waals surface area (Å²) in [6, 6.07) is 13.1. The molecule has 126 valence electrons. The molecular formula is C19H22N2O3. The Balaban J connectivity index is 1.77. The second-order valence-electron chi connectivity index (χ2n) is 5.68. The first-order valence-corrected chi connectivity index (χ1v) is 7.78.